The second-order valence-electron chi connectivity index (χ2n) is 3.39. The fraction of sp³-hybridized carbons (Fsp3) is 0.0909. The first kappa shape index (κ1) is 12.1. The van der Waals surface area contributed by atoms with Crippen molar-refractivity contribution in [2.75, 3.05) is 0 Å². The zero-order valence-corrected chi connectivity index (χ0v) is 9.79. The van der Waals surface area contributed by atoms with Gasteiger partial charge in [0, 0.05) is 5.56 Å². The van der Waals surface area contributed by atoms with Crippen molar-refractivity contribution in [2.45, 2.75) is 6.54 Å². The molecule has 1 aromatic carbocycles. The molecule has 0 aliphatic rings. The third-order valence-corrected chi connectivity index (χ3v) is 2.62. The van der Waals surface area contributed by atoms with Crippen LogP contribution in [0.5, 0.6) is 0 Å². The summed E-state index contributed by atoms with van der Waals surface area (Å²) in [6.45, 7) is -0.0964. The van der Waals surface area contributed by atoms with Crippen molar-refractivity contribution < 1.29 is 9.90 Å². The van der Waals surface area contributed by atoms with E-state index in [-0.39, 0.29) is 17.9 Å². The van der Waals surface area contributed by atoms with Crippen molar-refractivity contribution in [2.24, 2.45) is 0 Å². The number of rotatable bonds is 3. The molecule has 90 valence electrons. The molecule has 0 spiro atoms. The van der Waals surface area contributed by atoms with E-state index in [1.54, 1.807) is 24.3 Å². The zero-order valence-electron chi connectivity index (χ0n) is 9.04. The lowest BCUT2D eigenvalue weighted by atomic mass is 10.1. The van der Waals surface area contributed by atoms with Crippen LogP contribution >= 0.6 is 11.6 Å². The highest BCUT2D eigenvalue weighted by molar-refractivity contribution is 6.33. The number of hydrogen-bond donors (Lipinski definition) is 1. The van der Waals surface area contributed by atoms with E-state index in [1.807, 2.05) is 6.07 Å². The molecule has 18 heavy (non-hydrogen) atoms. The van der Waals surface area contributed by atoms with Crippen LogP contribution in [0.2, 0.25) is 5.02 Å². The van der Waals surface area contributed by atoms with Crippen LogP contribution in [0.3, 0.4) is 0 Å². The molecule has 1 N–H and O–H groups in total. The maximum absolute atomic E-state index is 11.1. The second kappa shape index (κ2) is 4.85. The first-order valence-corrected chi connectivity index (χ1v) is 5.31. The van der Waals surface area contributed by atoms with Gasteiger partial charge in [-0.15, -0.1) is 5.10 Å². The van der Waals surface area contributed by atoms with Crippen LogP contribution in [-0.4, -0.2) is 26.1 Å². The van der Waals surface area contributed by atoms with Gasteiger partial charge in [0.05, 0.1) is 11.1 Å². The minimum atomic E-state index is -1.21. The van der Waals surface area contributed by atoms with Crippen molar-refractivity contribution in [3.63, 3.8) is 0 Å². The summed E-state index contributed by atoms with van der Waals surface area (Å²) in [6.07, 6.45) is 0. The fourth-order valence-corrected chi connectivity index (χ4v) is 1.78. The molecule has 0 unspecified atom stereocenters. The molecule has 0 saturated carbocycles. The lowest BCUT2D eigenvalue weighted by molar-refractivity contribution is 0.0691. The van der Waals surface area contributed by atoms with Gasteiger partial charge in [-0.25, -0.2) is 9.48 Å². The largest absolute Gasteiger partial charge is 0.476 e. The monoisotopic (exact) mass is 262 g/mol. The van der Waals surface area contributed by atoms with Crippen molar-refractivity contribution in [1.29, 1.82) is 5.26 Å². The number of aromatic carboxylic acids is 1. The molecule has 0 radical (unpaired) electrons. The fourth-order valence-electron chi connectivity index (χ4n) is 1.55. The van der Waals surface area contributed by atoms with Gasteiger partial charge in [-0.1, -0.05) is 35.0 Å². The lowest BCUT2D eigenvalue weighted by Crippen LogP contribution is -2.04. The first-order chi connectivity index (χ1) is 8.65. The van der Waals surface area contributed by atoms with E-state index in [4.69, 9.17) is 22.0 Å². The number of hydrogen-bond acceptors (Lipinski definition) is 4. The van der Waals surface area contributed by atoms with Crippen LogP contribution in [0.1, 0.15) is 10.5 Å². The van der Waals surface area contributed by atoms with Crippen molar-refractivity contribution in [1.82, 2.24) is 15.0 Å². The number of halogens is 1. The highest BCUT2D eigenvalue weighted by Gasteiger charge is 2.21. The van der Waals surface area contributed by atoms with Crippen LogP contribution in [0.25, 0.3) is 11.3 Å². The van der Waals surface area contributed by atoms with Gasteiger partial charge in [0.15, 0.2) is 5.69 Å². The van der Waals surface area contributed by atoms with E-state index in [0.717, 1.165) is 0 Å². The zero-order chi connectivity index (χ0) is 13.1. The molecule has 1 heterocycles. The highest BCUT2D eigenvalue weighted by Crippen LogP contribution is 2.29. The Morgan fingerprint density at radius 1 is 1.50 bits per heavy atom. The Labute approximate surface area is 107 Å². The number of aromatic nitrogens is 3. The van der Waals surface area contributed by atoms with Crippen LogP contribution in [0.15, 0.2) is 24.3 Å². The molecule has 0 aliphatic carbocycles. The summed E-state index contributed by atoms with van der Waals surface area (Å²) in [7, 11) is 0. The number of benzene rings is 1. The SMILES string of the molecule is N#CCn1nnc(C(=O)O)c1-c1ccccc1Cl. The van der Waals surface area contributed by atoms with Gasteiger partial charge in [0.25, 0.3) is 0 Å². The average molecular weight is 263 g/mol. The predicted octanol–water partition coefficient (Wildman–Crippen LogP) is 1.82. The van der Waals surface area contributed by atoms with E-state index in [0.29, 0.717) is 10.6 Å². The van der Waals surface area contributed by atoms with Gasteiger partial charge < -0.3 is 5.11 Å². The minimum absolute atomic E-state index is 0.0964. The summed E-state index contributed by atoms with van der Waals surface area (Å²) in [5, 5.41) is 25.3. The molecule has 2 rings (SSSR count). The van der Waals surface area contributed by atoms with Gasteiger partial charge in [-0.2, -0.15) is 5.26 Å². The van der Waals surface area contributed by atoms with Gasteiger partial charge in [0.1, 0.15) is 12.2 Å². The van der Waals surface area contributed by atoms with Crippen molar-refractivity contribution >= 4 is 17.6 Å². The second-order valence-corrected chi connectivity index (χ2v) is 3.79. The summed E-state index contributed by atoms with van der Waals surface area (Å²) in [5.41, 5.74) is 0.491. The van der Waals surface area contributed by atoms with Crippen LogP contribution in [0, 0.1) is 11.3 Å². The Morgan fingerprint density at radius 3 is 2.83 bits per heavy atom. The van der Waals surface area contributed by atoms with Gasteiger partial charge >= 0.3 is 5.97 Å². The van der Waals surface area contributed by atoms with E-state index in [9.17, 15) is 4.79 Å². The van der Waals surface area contributed by atoms with E-state index < -0.39 is 5.97 Å². The summed E-state index contributed by atoms with van der Waals surface area (Å²) >= 11 is 6.02. The number of carbonyl (C=O) groups is 1. The number of carboxylic acid groups (broad SMARTS) is 1. The van der Waals surface area contributed by atoms with Crippen LogP contribution < -0.4 is 0 Å². The van der Waals surface area contributed by atoms with Gasteiger partial charge in [-0.3, -0.25) is 0 Å². The van der Waals surface area contributed by atoms with E-state index >= 15 is 0 Å². The molecule has 1 aromatic heterocycles. The molecule has 7 heteroatoms. The molecule has 0 saturated heterocycles. The van der Waals surface area contributed by atoms with Crippen LogP contribution in [-0.2, 0) is 6.54 Å². The van der Waals surface area contributed by atoms with E-state index in [2.05, 4.69) is 10.3 Å². The Balaban J connectivity index is 2.68. The Kier molecular flexibility index (Phi) is 3.26. The predicted molar refractivity (Wildman–Crippen MR) is 63.0 cm³/mol. The molecule has 0 bridgehead atoms. The summed E-state index contributed by atoms with van der Waals surface area (Å²) < 4.78 is 1.21. The van der Waals surface area contributed by atoms with Crippen LogP contribution in [0.4, 0.5) is 0 Å². The minimum Gasteiger partial charge on any atom is -0.476 e. The van der Waals surface area contributed by atoms with Gasteiger partial charge in [-0.05, 0) is 6.07 Å². The Hall–Kier alpha value is -2.39. The molecule has 0 aliphatic heterocycles. The third-order valence-electron chi connectivity index (χ3n) is 2.29. The molecular formula is C11H7ClN4O2. The summed E-state index contributed by atoms with van der Waals surface area (Å²) in [4.78, 5) is 11.1. The third kappa shape index (κ3) is 2.04. The standard InChI is InChI=1S/C11H7ClN4O2/c12-8-4-2-1-3-7(8)10-9(11(17)18)14-15-16(10)6-5-13/h1-4H,6H2,(H,17,18). The quantitative estimate of drug-likeness (QED) is 0.911. The average Bonchev–Trinajstić information content (AvgIpc) is 2.74. The summed E-state index contributed by atoms with van der Waals surface area (Å²) in [6, 6.07) is 8.62. The maximum Gasteiger partial charge on any atom is 0.358 e. The first-order valence-electron chi connectivity index (χ1n) is 4.93. The number of nitriles is 1. The maximum atomic E-state index is 11.1. The van der Waals surface area contributed by atoms with Crippen molar-refractivity contribution in [3.8, 4) is 17.3 Å². The molecule has 0 fully saturated rings. The van der Waals surface area contributed by atoms with Crippen molar-refractivity contribution in [3.05, 3.63) is 35.0 Å². The number of carboxylic acids is 1. The van der Waals surface area contributed by atoms with Gasteiger partial charge in [0.2, 0.25) is 0 Å². The molecule has 0 amide bonds. The highest BCUT2D eigenvalue weighted by atomic mass is 35.5. The normalized spacial score (nSPS) is 10.0. The smallest absolute Gasteiger partial charge is 0.358 e. The van der Waals surface area contributed by atoms with E-state index in [1.165, 1.54) is 4.68 Å². The Morgan fingerprint density at radius 2 is 2.22 bits per heavy atom. The lowest BCUT2D eigenvalue weighted by Gasteiger charge is -2.05. The topological polar surface area (TPSA) is 91.8 Å². The number of nitrogens with zero attached hydrogens (tertiary/aromatic N) is 4. The molecule has 2 aromatic rings. The molecule has 0 atom stereocenters. The molecular weight excluding hydrogens is 256 g/mol. The summed E-state index contributed by atoms with van der Waals surface area (Å²) in [5.74, 6) is -1.21. The Bertz CT molecular complexity index is 645. The molecule has 6 nitrogen and oxygen atoms in total.